The van der Waals surface area contributed by atoms with Crippen molar-refractivity contribution in [2.24, 2.45) is 10.9 Å². The third kappa shape index (κ3) is 5.08. The van der Waals surface area contributed by atoms with Gasteiger partial charge in [0.15, 0.2) is 0 Å². The van der Waals surface area contributed by atoms with Crippen molar-refractivity contribution < 1.29 is 4.79 Å². The first-order valence-electron chi connectivity index (χ1n) is 10.7. The molecule has 1 aliphatic rings. The predicted molar refractivity (Wildman–Crippen MR) is 132 cm³/mol. The Morgan fingerprint density at radius 1 is 1.03 bits per heavy atom. The molecule has 0 radical (unpaired) electrons. The molecular weight excluding hydrogens is 424 g/mol. The largest absolute Gasteiger partial charge is 0.315 e. The van der Waals surface area contributed by atoms with Crippen LogP contribution in [0.4, 0.5) is 5.00 Å². The summed E-state index contributed by atoms with van der Waals surface area (Å²) in [5.41, 5.74) is 5.32. The molecule has 3 aromatic rings. The Kier molecular flexibility index (Phi) is 6.59. The van der Waals surface area contributed by atoms with E-state index in [4.69, 9.17) is 16.6 Å². The summed E-state index contributed by atoms with van der Waals surface area (Å²) in [6.07, 6.45) is 2.99. The molecule has 31 heavy (non-hydrogen) atoms. The summed E-state index contributed by atoms with van der Waals surface area (Å²) in [6, 6.07) is 18.3. The molecule has 0 bridgehead atoms. The number of thiophene rings is 1. The van der Waals surface area contributed by atoms with Crippen LogP contribution in [-0.4, -0.2) is 17.7 Å². The van der Waals surface area contributed by atoms with Crippen molar-refractivity contribution in [1.82, 2.24) is 0 Å². The molecule has 0 saturated carbocycles. The molecule has 0 aliphatic carbocycles. The fourth-order valence-corrected chi connectivity index (χ4v) is 5.11. The standard InChI is InChI=1S/C26H27ClN2OS/c1-16(2)14-19-10-8-18(9-11-19)12-13-20-15-22-24(21-6-4-5-7-23(21)27)28-17(3)25(30)29-26(22)31-20/h4-11,15-17H,12-14H2,1-3H3,(H,29,30)/t17-/m0/s1. The number of hydrogen-bond acceptors (Lipinski definition) is 3. The molecule has 1 aliphatic heterocycles. The maximum absolute atomic E-state index is 12.5. The van der Waals surface area contributed by atoms with Crippen LogP contribution in [0.15, 0.2) is 59.6 Å². The van der Waals surface area contributed by atoms with Gasteiger partial charge in [0, 0.05) is 21.0 Å². The van der Waals surface area contributed by atoms with Crippen molar-refractivity contribution in [3.05, 3.63) is 86.8 Å². The van der Waals surface area contributed by atoms with E-state index in [1.807, 2.05) is 31.2 Å². The molecule has 160 valence electrons. The Hall–Kier alpha value is -2.43. The molecule has 1 N–H and O–H groups in total. The topological polar surface area (TPSA) is 41.5 Å². The van der Waals surface area contributed by atoms with Crippen LogP contribution < -0.4 is 5.32 Å². The Morgan fingerprint density at radius 3 is 2.45 bits per heavy atom. The first kappa shape index (κ1) is 21.8. The van der Waals surface area contributed by atoms with Gasteiger partial charge in [-0.2, -0.15) is 0 Å². The van der Waals surface area contributed by atoms with Crippen LogP contribution in [0.1, 0.15) is 47.9 Å². The minimum atomic E-state index is -0.460. The quantitative estimate of drug-likeness (QED) is 0.453. The van der Waals surface area contributed by atoms with Gasteiger partial charge in [-0.1, -0.05) is 67.9 Å². The van der Waals surface area contributed by atoms with Crippen molar-refractivity contribution >= 4 is 39.6 Å². The van der Waals surface area contributed by atoms with E-state index in [0.29, 0.717) is 10.9 Å². The van der Waals surface area contributed by atoms with Gasteiger partial charge >= 0.3 is 0 Å². The molecule has 0 saturated heterocycles. The Morgan fingerprint density at radius 2 is 1.74 bits per heavy atom. The van der Waals surface area contributed by atoms with Gasteiger partial charge in [0.05, 0.1) is 5.71 Å². The molecule has 0 unspecified atom stereocenters. The number of halogens is 1. The second-order valence-electron chi connectivity index (χ2n) is 8.49. The number of anilines is 1. The average Bonchev–Trinajstić information content (AvgIpc) is 3.09. The minimum Gasteiger partial charge on any atom is -0.315 e. The van der Waals surface area contributed by atoms with Gasteiger partial charge in [-0.25, -0.2) is 0 Å². The van der Waals surface area contributed by atoms with Gasteiger partial charge in [-0.05, 0) is 55.4 Å². The van der Waals surface area contributed by atoms with E-state index in [-0.39, 0.29) is 5.91 Å². The molecule has 2 heterocycles. The first-order valence-corrected chi connectivity index (χ1v) is 11.9. The van der Waals surface area contributed by atoms with Crippen LogP contribution in [-0.2, 0) is 24.1 Å². The number of amides is 1. The van der Waals surface area contributed by atoms with Gasteiger partial charge in [0.1, 0.15) is 11.0 Å². The molecule has 0 fully saturated rings. The Bertz CT molecular complexity index is 1110. The summed E-state index contributed by atoms with van der Waals surface area (Å²) in [4.78, 5) is 18.4. The fourth-order valence-electron chi connectivity index (χ4n) is 3.82. The lowest BCUT2D eigenvalue weighted by Crippen LogP contribution is -2.22. The average molecular weight is 451 g/mol. The third-order valence-electron chi connectivity index (χ3n) is 5.43. The van der Waals surface area contributed by atoms with Gasteiger partial charge in [-0.3, -0.25) is 9.79 Å². The van der Waals surface area contributed by atoms with E-state index in [1.165, 1.54) is 16.0 Å². The van der Waals surface area contributed by atoms with Crippen LogP contribution in [0.25, 0.3) is 0 Å². The maximum Gasteiger partial charge on any atom is 0.249 e. The molecule has 3 nitrogen and oxygen atoms in total. The predicted octanol–water partition coefficient (Wildman–Crippen LogP) is 6.56. The lowest BCUT2D eigenvalue weighted by atomic mass is 10.00. The summed E-state index contributed by atoms with van der Waals surface area (Å²) in [5.74, 6) is 0.580. The second-order valence-corrected chi connectivity index (χ2v) is 10.0. The zero-order valence-electron chi connectivity index (χ0n) is 18.1. The second kappa shape index (κ2) is 9.37. The van der Waals surface area contributed by atoms with Crippen molar-refractivity contribution in [1.29, 1.82) is 0 Å². The third-order valence-corrected chi connectivity index (χ3v) is 6.87. The highest BCUT2D eigenvalue weighted by Crippen LogP contribution is 2.35. The number of carbonyl (C=O) groups is 1. The van der Waals surface area contributed by atoms with E-state index < -0.39 is 6.04 Å². The van der Waals surface area contributed by atoms with Crippen LogP contribution in [0, 0.1) is 5.92 Å². The Balaban J connectivity index is 1.58. The summed E-state index contributed by atoms with van der Waals surface area (Å²) in [7, 11) is 0. The number of benzene rings is 2. The van der Waals surface area contributed by atoms with E-state index in [1.54, 1.807) is 11.3 Å². The maximum atomic E-state index is 12.5. The highest BCUT2D eigenvalue weighted by atomic mass is 35.5. The smallest absolute Gasteiger partial charge is 0.249 e. The Labute approximate surface area is 193 Å². The van der Waals surface area contributed by atoms with E-state index in [2.05, 4.69) is 49.5 Å². The summed E-state index contributed by atoms with van der Waals surface area (Å²) < 4.78 is 0. The van der Waals surface area contributed by atoms with Crippen LogP contribution in [0.3, 0.4) is 0 Å². The van der Waals surface area contributed by atoms with Crippen LogP contribution in [0.2, 0.25) is 5.02 Å². The number of aryl methyl sites for hydroxylation is 2. The fraction of sp³-hybridized carbons (Fsp3) is 0.308. The molecular formula is C26H27ClN2OS. The van der Waals surface area contributed by atoms with Crippen LogP contribution in [0.5, 0.6) is 0 Å². The lowest BCUT2D eigenvalue weighted by molar-refractivity contribution is -0.116. The monoisotopic (exact) mass is 450 g/mol. The molecule has 1 aromatic heterocycles. The van der Waals surface area contributed by atoms with Crippen molar-refractivity contribution in [3.8, 4) is 0 Å². The van der Waals surface area contributed by atoms with Gasteiger partial charge in [0.2, 0.25) is 5.91 Å². The highest BCUT2D eigenvalue weighted by molar-refractivity contribution is 7.16. The molecule has 4 rings (SSSR count). The van der Waals surface area contributed by atoms with Crippen molar-refractivity contribution in [2.75, 3.05) is 5.32 Å². The van der Waals surface area contributed by atoms with Crippen molar-refractivity contribution in [3.63, 3.8) is 0 Å². The highest BCUT2D eigenvalue weighted by Gasteiger charge is 2.26. The van der Waals surface area contributed by atoms with Gasteiger partial charge in [0.25, 0.3) is 0 Å². The summed E-state index contributed by atoms with van der Waals surface area (Å²) in [6.45, 7) is 6.30. The minimum absolute atomic E-state index is 0.0857. The molecule has 5 heteroatoms. The zero-order valence-corrected chi connectivity index (χ0v) is 19.7. The number of aliphatic imine (C=N–C) groups is 1. The number of nitrogens with one attached hydrogen (secondary N) is 1. The van der Waals surface area contributed by atoms with E-state index in [0.717, 1.165) is 41.1 Å². The number of carbonyl (C=O) groups excluding carboxylic acids is 1. The molecule has 1 amide bonds. The summed E-state index contributed by atoms with van der Waals surface area (Å²) in [5, 5.41) is 4.56. The molecule has 1 atom stereocenters. The van der Waals surface area contributed by atoms with Crippen LogP contribution >= 0.6 is 22.9 Å². The molecule has 0 spiro atoms. The van der Waals surface area contributed by atoms with Gasteiger partial charge < -0.3 is 5.32 Å². The van der Waals surface area contributed by atoms with Gasteiger partial charge in [-0.15, -0.1) is 11.3 Å². The SMILES string of the molecule is CC(C)Cc1ccc(CCc2cc3c(s2)NC(=O)[C@H](C)N=C3c2ccccc2Cl)cc1. The number of nitrogens with zero attached hydrogens (tertiary/aromatic N) is 1. The van der Waals surface area contributed by atoms with E-state index in [9.17, 15) is 4.79 Å². The normalized spacial score (nSPS) is 16.0. The molecule has 2 aromatic carbocycles. The number of rotatable bonds is 6. The number of fused-ring (bicyclic) bond motifs is 1. The van der Waals surface area contributed by atoms with Crippen molar-refractivity contribution in [2.45, 2.75) is 46.1 Å². The first-order chi connectivity index (χ1) is 14.9. The lowest BCUT2D eigenvalue weighted by Gasteiger charge is -2.08. The number of hydrogen-bond donors (Lipinski definition) is 1. The summed E-state index contributed by atoms with van der Waals surface area (Å²) >= 11 is 8.10. The van der Waals surface area contributed by atoms with E-state index >= 15 is 0 Å². The zero-order chi connectivity index (χ0) is 22.0.